The van der Waals surface area contributed by atoms with Crippen molar-refractivity contribution >= 4 is 21.6 Å². The Morgan fingerprint density at radius 1 is 1.13 bits per heavy atom. The van der Waals surface area contributed by atoms with E-state index in [1.54, 1.807) is 24.7 Å². The minimum Gasteiger partial charge on any atom is -0.350 e. The lowest BCUT2D eigenvalue weighted by Crippen LogP contribution is -2.40. The number of nitrogens with zero attached hydrogens (tertiary/aromatic N) is 3. The first-order valence-electron chi connectivity index (χ1n) is 9.66. The van der Waals surface area contributed by atoms with Crippen molar-refractivity contribution in [1.29, 1.82) is 0 Å². The van der Waals surface area contributed by atoms with E-state index in [0.29, 0.717) is 11.6 Å². The van der Waals surface area contributed by atoms with Gasteiger partial charge in [0.15, 0.2) is 0 Å². The van der Waals surface area contributed by atoms with Gasteiger partial charge in [0.25, 0.3) is 0 Å². The maximum Gasteiger partial charge on any atom is 0.241 e. The molecular weight excluding hydrogens is 400 g/mol. The van der Waals surface area contributed by atoms with Crippen LogP contribution in [0.5, 0.6) is 0 Å². The van der Waals surface area contributed by atoms with Crippen LogP contribution in [0.15, 0.2) is 67.3 Å². The van der Waals surface area contributed by atoms with E-state index < -0.39 is 10.0 Å². The van der Waals surface area contributed by atoms with Gasteiger partial charge < -0.3 is 9.88 Å². The van der Waals surface area contributed by atoms with E-state index in [2.05, 4.69) is 24.1 Å². The molecule has 1 heterocycles. The van der Waals surface area contributed by atoms with Gasteiger partial charge in [-0.15, -0.1) is 0 Å². The Morgan fingerprint density at radius 3 is 2.43 bits per heavy atom. The standard InChI is InChI=1S/C22H26N4O3S/c1-17(2)18-8-10-20(11-9-18)26(30(3,28)29)15-22(27)24-14-19-6-4-5-7-21(19)25-13-12-23-16-25/h4-13,16-17H,14-15H2,1-3H3,(H,24,27). The van der Waals surface area contributed by atoms with Gasteiger partial charge in [-0.3, -0.25) is 9.10 Å². The molecule has 7 nitrogen and oxygen atoms in total. The SMILES string of the molecule is CC(C)c1ccc(N(CC(=O)NCc2ccccc2-n2ccnc2)S(C)(=O)=O)cc1. The number of benzene rings is 2. The van der Waals surface area contributed by atoms with Crippen molar-refractivity contribution in [3.63, 3.8) is 0 Å². The fourth-order valence-corrected chi connectivity index (χ4v) is 3.98. The summed E-state index contributed by atoms with van der Waals surface area (Å²) >= 11 is 0. The largest absolute Gasteiger partial charge is 0.350 e. The lowest BCUT2D eigenvalue weighted by Gasteiger charge is -2.22. The number of hydrogen-bond acceptors (Lipinski definition) is 4. The van der Waals surface area contributed by atoms with Crippen molar-refractivity contribution in [3.8, 4) is 5.69 Å². The number of anilines is 1. The first-order chi connectivity index (χ1) is 14.3. The van der Waals surface area contributed by atoms with Gasteiger partial charge in [0.2, 0.25) is 15.9 Å². The minimum atomic E-state index is -3.61. The third kappa shape index (κ3) is 5.27. The van der Waals surface area contributed by atoms with Crippen molar-refractivity contribution in [1.82, 2.24) is 14.9 Å². The molecule has 0 aliphatic carbocycles. The summed E-state index contributed by atoms with van der Waals surface area (Å²) in [6.45, 7) is 4.13. The van der Waals surface area contributed by atoms with Crippen LogP contribution in [-0.2, 0) is 21.4 Å². The second-order valence-electron chi connectivity index (χ2n) is 7.39. The molecule has 0 spiro atoms. The molecule has 1 aromatic heterocycles. The second kappa shape index (κ2) is 9.13. The molecule has 0 bridgehead atoms. The number of hydrogen-bond donors (Lipinski definition) is 1. The van der Waals surface area contributed by atoms with Crippen molar-refractivity contribution < 1.29 is 13.2 Å². The van der Waals surface area contributed by atoms with Crippen molar-refractivity contribution in [2.24, 2.45) is 0 Å². The summed E-state index contributed by atoms with van der Waals surface area (Å²) < 4.78 is 27.6. The third-order valence-corrected chi connectivity index (χ3v) is 5.93. The molecule has 0 radical (unpaired) electrons. The predicted octanol–water partition coefficient (Wildman–Crippen LogP) is 3.08. The maximum absolute atomic E-state index is 12.6. The first-order valence-corrected chi connectivity index (χ1v) is 11.5. The number of carbonyl (C=O) groups excluding carboxylic acids is 1. The number of para-hydroxylation sites is 1. The van der Waals surface area contributed by atoms with Crippen molar-refractivity contribution in [2.45, 2.75) is 26.3 Å². The van der Waals surface area contributed by atoms with Crippen LogP contribution in [-0.4, -0.2) is 36.7 Å². The fraction of sp³-hybridized carbons (Fsp3) is 0.273. The molecule has 0 fully saturated rings. The molecule has 1 N–H and O–H groups in total. The van der Waals surface area contributed by atoms with Crippen LogP contribution in [0, 0.1) is 0 Å². The Bertz CT molecular complexity index is 1090. The fourth-order valence-electron chi connectivity index (χ4n) is 3.12. The molecule has 8 heteroatoms. The zero-order chi connectivity index (χ0) is 21.7. The number of imidazole rings is 1. The molecule has 0 aliphatic rings. The summed E-state index contributed by atoms with van der Waals surface area (Å²) in [6.07, 6.45) is 6.30. The third-order valence-electron chi connectivity index (χ3n) is 4.79. The van der Waals surface area contributed by atoms with Gasteiger partial charge in [-0.25, -0.2) is 13.4 Å². The molecule has 3 aromatic rings. The van der Waals surface area contributed by atoms with Crippen molar-refractivity contribution in [2.75, 3.05) is 17.1 Å². The molecule has 0 saturated heterocycles. The number of aromatic nitrogens is 2. The second-order valence-corrected chi connectivity index (χ2v) is 9.30. The molecular formula is C22H26N4O3S. The number of rotatable bonds is 8. The molecule has 2 aromatic carbocycles. The zero-order valence-electron chi connectivity index (χ0n) is 17.3. The van der Waals surface area contributed by atoms with Crippen molar-refractivity contribution in [3.05, 3.63) is 78.4 Å². The van der Waals surface area contributed by atoms with Gasteiger partial charge in [0.1, 0.15) is 6.54 Å². The minimum absolute atomic E-state index is 0.275. The Kier molecular flexibility index (Phi) is 6.56. The molecule has 0 aliphatic heterocycles. The Hall–Kier alpha value is -3.13. The Morgan fingerprint density at radius 2 is 1.83 bits per heavy atom. The monoisotopic (exact) mass is 426 g/mol. The lowest BCUT2D eigenvalue weighted by molar-refractivity contribution is -0.119. The van der Waals surface area contributed by atoms with E-state index in [1.165, 1.54) is 0 Å². The summed E-state index contributed by atoms with van der Waals surface area (Å²) in [5.41, 5.74) is 3.37. The van der Waals surface area contributed by atoms with Gasteiger partial charge in [-0.05, 0) is 35.2 Å². The number of nitrogens with one attached hydrogen (secondary N) is 1. The van der Waals surface area contributed by atoms with E-state index in [0.717, 1.165) is 27.4 Å². The summed E-state index contributed by atoms with van der Waals surface area (Å²) in [5, 5.41) is 2.82. The highest BCUT2D eigenvalue weighted by Crippen LogP contribution is 2.22. The highest BCUT2D eigenvalue weighted by atomic mass is 32.2. The normalized spacial score (nSPS) is 11.5. The van der Waals surface area contributed by atoms with Crippen LogP contribution in [0.3, 0.4) is 0 Å². The first kappa shape index (κ1) is 21.6. The molecule has 0 saturated carbocycles. The van der Waals surface area contributed by atoms with E-state index in [-0.39, 0.29) is 19.0 Å². The van der Waals surface area contributed by atoms with Gasteiger partial charge in [0, 0.05) is 18.9 Å². The predicted molar refractivity (Wildman–Crippen MR) is 118 cm³/mol. The number of amides is 1. The average Bonchev–Trinajstić information content (AvgIpc) is 3.24. The topological polar surface area (TPSA) is 84.3 Å². The van der Waals surface area contributed by atoms with Gasteiger partial charge in [-0.1, -0.05) is 44.2 Å². The molecule has 3 rings (SSSR count). The maximum atomic E-state index is 12.6. The van der Waals surface area contributed by atoms with Gasteiger partial charge >= 0.3 is 0 Å². The van der Waals surface area contributed by atoms with E-state index in [1.807, 2.05) is 47.2 Å². The lowest BCUT2D eigenvalue weighted by atomic mass is 10.0. The van der Waals surface area contributed by atoms with E-state index in [9.17, 15) is 13.2 Å². The molecule has 158 valence electrons. The molecule has 1 amide bonds. The summed E-state index contributed by atoms with van der Waals surface area (Å²) in [5.74, 6) is -0.0432. The van der Waals surface area contributed by atoms with Crippen LogP contribution in [0.4, 0.5) is 5.69 Å². The summed E-state index contributed by atoms with van der Waals surface area (Å²) in [7, 11) is -3.61. The van der Waals surface area contributed by atoms with Crippen LogP contribution in [0.1, 0.15) is 30.9 Å². The molecule has 0 atom stereocenters. The van der Waals surface area contributed by atoms with Gasteiger partial charge in [0.05, 0.1) is 24.0 Å². The van der Waals surface area contributed by atoms with Crippen LogP contribution < -0.4 is 9.62 Å². The molecule has 30 heavy (non-hydrogen) atoms. The quantitative estimate of drug-likeness (QED) is 0.600. The van der Waals surface area contributed by atoms with E-state index in [4.69, 9.17) is 0 Å². The Balaban J connectivity index is 1.72. The van der Waals surface area contributed by atoms with Crippen LogP contribution in [0.25, 0.3) is 5.69 Å². The Labute approximate surface area is 177 Å². The summed E-state index contributed by atoms with van der Waals surface area (Å²) in [4.78, 5) is 16.6. The highest BCUT2D eigenvalue weighted by Gasteiger charge is 2.21. The molecule has 0 unspecified atom stereocenters. The number of carbonyl (C=O) groups is 1. The number of sulfonamides is 1. The van der Waals surface area contributed by atoms with Crippen LogP contribution >= 0.6 is 0 Å². The van der Waals surface area contributed by atoms with E-state index >= 15 is 0 Å². The summed E-state index contributed by atoms with van der Waals surface area (Å²) in [6, 6.07) is 14.9. The van der Waals surface area contributed by atoms with Crippen LogP contribution in [0.2, 0.25) is 0 Å². The highest BCUT2D eigenvalue weighted by molar-refractivity contribution is 7.92. The van der Waals surface area contributed by atoms with Gasteiger partial charge in [-0.2, -0.15) is 0 Å². The smallest absolute Gasteiger partial charge is 0.241 e. The average molecular weight is 427 g/mol. The zero-order valence-corrected chi connectivity index (χ0v) is 18.1.